The minimum atomic E-state index is -0.229. The topological polar surface area (TPSA) is 54.5 Å². The van der Waals surface area contributed by atoms with Crippen LogP contribution in [-0.4, -0.2) is 29.0 Å². The molecule has 2 fully saturated rings. The molecular formula is C17H19NO3. The molecule has 2 aliphatic rings. The summed E-state index contributed by atoms with van der Waals surface area (Å²) in [4.78, 5) is 38.0. The van der Waals surface area contributed by atoms with Crippen LogP contribution in [-0.2, 0) is 9.59 Å². The summed E-state index contributed by atoms with van der Waals surface area (Å²) >= 11 is 0. The molecule has 1 saturated heterocycles. The second kappa shape index (κ2) is 4.26. The third kappa shape index (κ3) is 1.93. The van der Waals surface area contributed by atoms with E-state index < -0.39 is 0 Å². The Morgan fingerprint density at radius 2 is 1.71 bits per heavy atom. The van der Waals surface area contributed by atoms with Crippen LogP contribution in [0.4, 0.5) is 0 Å². The van der Waals surface area contributed by atoms with Gasteiger partial charge >= 0.3 is 0 Å². The summed E-state index contributed by atoms with van der Waals surface area (Å²) in [5.74, 6) is -0.997. The largest absolute Gasteiger partial charge is 0.292 e. The van der Waals surface area contributed by atoms with Gasteiger partial charge in [-0.1, -0.05) is 37.6 Å². The summed E-state index contributed by atoms with van der Waals surface area (Å²) in [5, 5.41) is 0. The van der Waals surface area contributed by atoms with Crippen LogP contribution in [0.5, 0.6) is 0 Å². The molecule has 2 unspecified atom stereocenters. The third-order valence-corrected chi connectivity index (χ3v) is 4.88. The van der Waals surface area contributed by atoms with Crippen molar-refractivity contribution in [1.82, 2.24) is 4.90 Å². The number of rotatable bonds is 3. The van der Waals surface area contributed by atoms with Gasteiger partial charge in [0.2, 0.25) is 11.8 Å². The van der Waals surface area contributed by atoms with Crippen molar-refractivity contribution < 1.29 is 14.4 Å². The average Bonchev–Trinajstić information content (AvgIpc) is 2.86. The van der Waals surface area contributed by atoms with Gasteiger partial charge in [0.05, 0.1) is 18.4 Å². The fraction of sp³-hybridized carbons (Fsp3) is 0.471. The number of benzene rings is 1. The van der Waals surface area contributed by atoms with Gasteiger partial charge in [-0.3, -0.25) is 19.3 Å². The molecule has 4 nitrogen and oxygen atoms in total. The van der Waals surface area contributed by atoms with Crippen LogP contribution in [0.25, 0.3) is 0 Å². The number of hydrogen-bond acceptors (Lipinski definition) is 3. The van der Waals surface area contributed by atoms with E-state index in [0.29, 0.717) is 5.56 Å². The Morgan fingerprint density at radius 3 is 2.24 bits per heavy atom. The van der Waals surface area contributed by atoms with Gasteiger partial charge in [0.15, 0.2) is 5.78 Å². The lowest BCUT2D eigenvalue weighted by atomic mass is 10.0. The summed E-state index contributed by atoms with van der Waals surface area (Å²) < 4.78 is 0. The van der Waals surface area contributed by atoms with E-state index in [2.05, 4.69) is 0 Å². The molecule has 1 saturated carbocycles. The van der Waals surface area contributed by atoms with Crippen LogP contribution in [0.2, 0.25) is 0 Å². The Morgan fingerprint density at radius 1 is 1.14 bits per heavy atom. The number of likely N-dealkylation sites (tertiary alicyclic amines) is 1. The first-order chi connectivity index (χ1) is 9.75. The molecule has 4 heteroatoms. The number of aryl methyl sites for hydroxylation is 2. The number of ketones is 1. The van der Waals surface area contributed by atoms with Crippen LogP contribution < -0.4 is 0 Å². The Kier molecular flexibility index (Phi) is 2.84. The van der Waals surface area contributed by atoms with E-state index in [1.807, 2.05) is 39.8 Å². The van der Waals surface area contributed by atoms with Crippen molar-refractivity contribution in [1.29, 1.82) is 0 Å². The lowest BCUT2D eigenvalue weighted by molar-refractivity contribution is -0.142. The Hall–Kier alpha value is -1.97. The highest BCUT2D eigenvalue weighted by Gasteiger charge is 2.72. The summed E-state index contributed by atoms with van der Waals surface area (Å²) in [6.07, 6.45) is 0. The highest BCUT2D eigenvalue weighted by atomic mass is 16.2. The van der Waals surface area contributed by atoms with Crippen LogP contribution >= 0.6 is 0 Å². The molecule has 1 aromatic carbocycles. The number of Topliss-reactive ketones (excluding diaryl/α,β-unsaturated/α-hetero) is 1. The normalized spacial score (nSPS) is 26.0. The standard InChI is InChI=1S/C17H19NO3/c1-9-5-6-11(10(2)7-9)12(19)8-18-15(20)13-14(16(18)21)17(13,3)4/h5-7,13-14H,8H2,1-4H3. The molecule has 1 heterocycles. The van der Waals surface area contributed by atoms with E-state index in [-0.39, 0.29) is 41.4 Å². The predicted molar refractivity (Wildman–Crippen MR) is 77.7 cm³/mol. The van der Waals surface area contributed by atoms with Crippen LogP contribution in [0.1, 0.15) is 35.3 Å². The van der Waals surface area contributed by atoms with Crippen molar-refractivity contribution in [3.8, 4) is 0 Å². The number of amides is 2. The summed E-state index contributed by atoms with van der Waals surface area (Å²) in [6, 6.07) is 5.57. The monoisotopic (exact) mass is 285 g/mol. The van der Waals surface area contributed by atoms with Crippen molar-refractivity contribution >= 4 is 17.6 Å². The van der Waals surface area contributed by atoms with E-state index in [0.717, 1.165) is 16.0 Å². The lowest BCUT2D eigenvalue weighted by Gasteiger charge is -2.20. The zero-order valence-electron chi connectivity index (χ0n) is 12.8. The van der Waals surface area contributed by atoms with Crippen molar-refractivity contribution in [2.75, 3.05) is 6.54 Å². The molecule has 1 aliphatic heterocycles. The molecule has 0 radical (unpaired) electrons. The van der Waals surface area contributed by atoms with Crippen LogP contribution in [0, 0.1) is 31.1 Å². The minimum absolute atomic E-state index is 0.134. The molecule has 3 rings (SSSR count). The smallest absolute Gasteiger partial charge is 0.234 e. The van der Waals surface area contributed by atoms with Gasteiger partial charge in [-0.25, -0.2) is 0 Å². The second-order valence-corrected chi connectivity index (χ2v) is 6.78. The predicted octanol–water partition coefficient (Wildman–Crippen LogP) is 2.13. The maximum absolute atomic E-state index is 12.4. The van der Waals surface area contributed by atoms with Gasteiger partial charge in [0.1, 0.15) is 0 Å². The number of piperidine rings is 1. The maximum atomic E-state index is 12.4. The number of fused-ring (bicyclic) bond motifs is 1. The molecular weight excluding hydrogens is 266 g/mol. The van der Waals surface area contributed by atoms with Crippen molar-refractivity contribution in [3.05, 3.63) is 34.9 Å². The van der Waals surface area contributed by atoms with E-state index >= 15 is 0 Å². The molecule has 21 heavy (non-hydrogen) atoms. The van der Waals surface area contributed by atoms with Gasteiger partial charge in [-0.15, -0.1) is 0 Å². The number of hydrogen-bond donors (Lipinski definition) is 0. The van der Waals surface area contributed by atoms with Gasteiger partial charge in [-0.2, -0.15) is 0 Å². The molecule has 1 aliphatic carbocycles. The lowest BCUT2D eigenvalue weighted by Crippen LogP contribution is -2.40. The fourth-order valence-corrected chi connectivity index (χ4v) is 3.51. The molecule has 0 bridgehead atoms. The number of carbonyl (C=O) groups is 3. The molecule has 1 aromatic rings. The molecule has 0 aromatic heterocycles. The summed E-state index contributed by atoms with van der Waals surface area (Å²) in [7, 11) is 0. The average molecular weight is 285 g/mol. The SMILES string of the molecule is Cc1ccc(C(=O)CN2C(=O)C3C(C2=O)C3(C)C)c(C)c1. The highest BCUT2D eigenvalue weighted by Crippen LogP contribution is 2.63. The van der Waals surface area contributed by atoms with E-state index in [1.165, 1.54) is 0 Å². The van der Waals surface area contributed by atoms with Crippen molar-refractivity contribution in [3.63, 3.8) is 0 Å². The number of nitrogens with zero attached hydrogens (tertiary/aromatic N) is 1. The van der Waals surface area contributed by atoms with Gasteiger partial charge < -0.3 is 0 Å². The van der Waals surface area contributed by atoms with E-state index in [4.69, 9.17) is 0 Å². The molecule has 2 amide bonds. The molecule has 0 N–H and O–H groups in total. The quantitative estimate of drug-likeness (QED) is 0.631. The van der Waals surface area contributed by atoms with Crippen molar-refractivity contribution in [2.45, 2.75) is 27.7 Å². The molecule has 0 spiro atoms. The molecule has 2 atom stereocenters. The summed E-state index contributed by atoms with van der Waals surface area (Å²) in [5.41, 5.74) is 2.32. The van der Waals surface area contributed by atoms with Crippen LogP contribution in [0.3, 0.4) is 0 Å². The fourth-order valence-electron chi connectivity index (χ4n) is 3.51. The second-order valence-electron chi connectivity index (χ2n) is 6.78. The van der Waals surface area contributed by atoms with Gasteiger partial charge in [0, 0.05) is 5.56 Å². The third-order valence-electron chi connectivity index (χ3n) is 4.88. The first kappa shape index (κ1) is 14.0. The first-order valence-electron chi connectivity index (χ1n) is 7.21. The Labute approximate surface area is 124 Å². The zero-order valence-corrected chi connectivity index (χ0v) is 12.8. The Bertz CT molecular complexity index is 651. The number of imide groups is 1. The van der Waals surface area contributed by atoms with E-state index in [9.17, 15) is 14.4 Å². The van der Waals surface area contributed by atoms with Crippen LogP contribution in [0.15, 0.2) is 18.2 Å². The summed E-state index contributed by atoms with van der Waals surface area (Å²) in [6.45, 7) is 7.56. The minimum Gasteiger partial charge on any atom is -0.292 e. The van der Waals surface area contributed by atoms with E-state index in [1.54, 1.807) is 6.07 Å². The highest BCUT2D eigenvalue weighted by molar-refractivity contribution is 6.13. The maximum Gasteiger partial charge on any atom is 0.234 e. The Balaban J connectivity index is 1.78. The van der Waals surface area contributed by atoms with Crippen molar-refractivity contribution in [2.24, 2.45) is 17.3 Å². The first-order valence-corrected chi connectivity index (χ1v) is 7.21. The van der Waals surface area contributed by atoms with Gasteiger partial charge in [-0.05, 0) is 24.8 Å². The number of carbonyl (C=O) groups excluding carboxylic acids is 3. The zero-order chi connectivity index (χ0) is 15.5. The molecule has 110 valence electrons. The van der Waals surface area contributed by atoms with Gasteiger partial charge in [0.25, 0.3) is 0 Å².